The van der Waals surface area contributed by atoms with E-state index in [2.05, 4.69) is 19.9 Å². The second kappa shape index (κ2) is 10.9. The number of rotatable bonds is 11. The van der Waals surface area contributed by atoms with Crippen molar-refractivity contribution >= 4 is 39.4 Å². The zero-order valence-electron chi connectivity index (χ0n) is 21.2. The predicted molar refractivity (Wildman–Crippen MR) is 146 cm³/mol. The summed E-state index contributed by atoms with van der Waals surface area (Å²) in [5.74, 6) is 0.237. The van der Waals surface area contributed by atoms with E-state index in [1.807, 2.05) is 66.3 Å². The number of nitrogens with zero attached hydrogens (tertiary/aromatic N) is 5. The van der Waals surface area contributed by atoms with Crippen molar-refractivity contribution in [2.24, 2.45) is 12.8 Å². The van der Waals surface area contributed by atoms with Crippen LogP contribution >= 0.6 is 0 Å². The summed E-state index contributed by atoms with van der Waals surface area (Å²) in [4.78, 5) is 32.5. The number of para-hydroxylation sites is 2. The van der Waals surface area contributed by atoms with Gasteiger partial charge in [-0.1, -0.05) is 18.2 Å². The molecule has 10 heteroatoms. The SMILES string of the molecule is Cn1c(CCC(=O)Nc2ccc3ccn(CCCC(O)Cn4cnc(C(N)=O)c4)c3c2)nc2ccccc21. The van der Waals surface area contributed by atoms with Gasteiger partial charge in [-0.2, -0.15) is 0 Å². The van der Waals surface area contributed by atoms with Gasteiger partial charge in [-0.25, -0.2) is 9.97 Å². The number of carbonyl (C=O) groups excluding carboxylic acids is 2. The summed E-state index contributed by atoms with van der Waals surface area (Å²) in [6.45, 7) is 1.07. The van der Waals surface area contributed by atoms with E-state index in [4.69, 9.17) is 5.73 Å². The minimum Gasteiger partial charge on any atom is -0.391 e. The summed E-state index contributed by atoms with van der Waals surface area (Å²) in [5.41, 5.74) is 9.17. The molecule has 10 nitrogen and oxygen atoms in total. The Morgan fingerprint density at radius 2 is 1.97 bits per heavy atom. The van der Waals surface area contributed by atoms with Crippen LogP contribution in [0.3, 0.4) is 0 Å². The van der Waals surface area contributed by atoms with Gasteiger partial charge in [0.1, 0.15) is 11.5 Å². The first-order valence-corrected chi connectivity index (χ1v) is 12.7. The lowest BCUT2D eigenvalue weighted by Gasteiger charge is -2.12. The zero-order chi connectivity index (χ0) is 26.6. The number of fused-ring (bicyclic) bond motifs is 2. The number of primary amides is 1. The van der Waals surface area contributed by atoms with E-state index in [1.54, 1.807) is 10.8 Å². The molecular weight excluding hydrogens is 482 g/mol. The lowest BCUT2D eigenvalue weighted by Crippen LogP contribution is -2.16. The third-order valence-corrected chi connectivity index (χ3v) is 6.76. The molecule has 0 saturated carbocycles. The molecule has 2 amide bonds. The highest BCUT2D eigenvalue weighted by Gasteiger charge is 2.12. The van der Waals surface area contributed by atoms with Crippen molar-refractivity contribution in [2.45, 2.75) is 44.9 Å². The molecule has 0 aliphatic carbocycles. The number of nitrogens with two attached hydrogens (primary N) is 1. The normalized spacial score (nSPS) is 12.3. The number of carbonyl (C=O) groups is 2. The lowest BCUT2D eigenvalue weighted by atomic mass is 10.2. The molecule has 0 spiro atoms. The van der Waals surface area contributed by atoms with E-state index in [-0.39, 0.29) is 11.6 Å². The molecule has 3 heterocycles. The Hall–Kier alpha value is -4.44. The molecule has 0 saturated heterocycles. The number of anilines is 1. The number of imidazole rings is 2. The summed E-state index contributed by atoms with van der Waals surface area (Å²) in [7, 11) is 1.97. The fourth-order valence-corrected chi connectivity index (χ4v) is 4.74. The van der Waals surface area contributed by atoms with Gasteiger partial charge in [0.05, 0.1) is 29.0 Å². The topological polar surface area (TPSA) is 133 Å². The van der Waals surface area contributed by atoms with Crippen LogP contribution in [0.15, 0.2) is 67.3 Å². The maximum absolute atomic E-state index is 12.7. The fraction of sp³-hybridized carbons (Fsp3) is 0.286. The van der Waals surface area contributed by atoms with E-state index in [0.717, 1.165) is 46.4 Å². The molecule has 38 heavy (non-hydrogen) atoms. The van der Waals surface area contributed by atoms with Crippen molar-refractivity contribution in [3.63, 3.8) is 0 Å². The molecule has 4 N–H and O–H groups in total. The van der Waals surface area contributed by atoms with Crippen molar-refractivity contribution in [1.29, 1.82) is 0 Å². The van der Waals surface area contributed by atoms with Gasteiger partial charge < -0.3 is 29.9 Å². The number of benzene rings is 2. The highest BCUT2D eigenvalue weighted by molar-refractivity contribution is 5.94. The lowest BCUT2D eigenvalue weighted by molar-refractivity contribution is -0.116. The molecular formula is C28H31N7O3. The molecule has 5 aromatic rings. The smallest absolute Gasteiger partial charge is 0.268 e. The summed E-state index contributed by atoms with van der Waals surface area (Å²) < 4.78 is 5.83. The maximum atomic E-state index is 12.7. The van der Waals surface area contributed by atoms with Gasteiger partial charge in [-0.05, 0) is 48.6 Å². The first-order valence-electron chi connectivity index (χ1n) is 12.7. The minimum absolute atomic E-state index is 0.0587. The van der Waals surface area contributed by atoms with Crippen molar-refractivity contribution in [1.82, 2.24) is 23.7 Å². The van der Waals surface area contributed by atoms with Crippen LogP contribution in [0, 0.1) is 0 Å². The van der Waals surface area contributed by atoms with E-state index < -0.39 is 12.0 Å². The molecule has 1 unspecified atom stereocenters. The van der Waals surface area contributed by atoms with Gasteiger partial charge in [0.2, 0.25) is 5.91 Å². The number of aliphatic hydroxyl groups is 1. The average molecular weight is 514 g/mol. The van der Waals surface area contributed by atoms with Crippen molar-refractivity contribution < 1.29 is 14.7 Å². The number of hydrogen-bond acceptors (Lipinski definition) is 5. The number of amides is 2. The fourth-order valence-electron chi connectivity index (χ4n) is 4.74. The van der Waals surface area contributed by atoms with Gasteiger partial charge in [0.25, 0.3) is 5.91 Å². The number of nitrogens with one attached hydrogen (secondary N) is 1. The van der Waals surface area contributed by atoms with E-state index in [1.165, 1.54) is 6.33 Å². The predicted octanol–water partition coefficient (Wildman–Crippen LogP) is 3.24. The van der Waals surface area contributed by atoms with E-state index in [0.29, 0.717) is 25.8 Å². The third kappa shape index (κ3) is 5.60. The van der Waals surface area contributed by atoms with Crippen LogP contribution in [0.25, 0.3) is 21.9 Å². The van der Waals surface area contributed by atoms with E-state index >= 15 is 0 Å². The first-order chi connectivity index (χ1) is 18.4. The van der Waals surface area contributed by atoms with E-state index in [9.17, 15) is 14.7 Å². The Labute approximate surface area is 219 Å². The second-order valence-electron chi connectivity index (χ2n) is 9.52. The Balaban J connectivity index is 1.15. The van der Waals surface area contributed by atoms with Gasteiger partial charge >= 0.3 is 0 Å². The second-order valence-corrected chi connectivity index (χ2v) is 9.52. The summed E-state index contributed by atoms with van der Waals surface area (Å²) >= 11 is 0. The largest absolute Gasteiger partial charge is 0.391 e. The average Bonchev–Trinajstić information content (AvgIpc) is 3.61. The molecule has 0 aliphatic rings. The third-order valence-electron chi connectivity index (χ3n) is 6.76. The molecule has 3 aromatic heterocycles. The summed E-state index contributed by atoms with van der Waals surface area (Å²) in [6.07, 6.45) is 6.73. The van der Waals surface area contributed by atoms with Crippen molar-refractivity contribution in [3.8, 4) is 0 Å². The van der Waals surface area contributed by atoms with Gasteiger partial charge in [-0.3, -0.25) is 9.59 Å². The molecule has 0 radical (unpaired) electrons. The van der Waals surface area contributed by atoms with Crippen LogP contribution in [0.2, 0.25) is 0 Å². The quantitative estimate of drug-likeness (QED) is 0.249. The Bertz CT molecular complexity index is 1600. The van der Waals surface area contributed by atoms with Crippen LogP contribution < -0.4 is 11.1 Å². The Morgan fingerprint density at radius 3 is 2.76 bits per heavy atom. The van der Waals surface area contributed by atoms with Crippen molar-refractivity contribution in [3.05, 3.63) is 78.8 Å². The number of aryl methyl sites for hydroxylation is 3. The number of aliphatic hydroxyl groups excluding tert-OH is 1. The molecule has 5 rings (SSSR count). The van der Waals surface area contributed by atoms with Gasteiger partial charge in [0, 0.05) is 51.1 Å². The highest BCUT2D eigenvalue weighted by Crippen LogP contribution is 2.22. The van der Waals surface area contributed by atoms with Gasteiger partial charge in [-0.15, -0.1) is 0 Å². The molecule has 2 aromatic carbocycles. The molecule has 1 atom stereocenters. The number of hydrogen-bond donors (Lipinski definition) is 3. The van der Waals surface area contributed by atoms with Crippen LogP contribution in [0.5, 0.6) is 0 Å². The monoisotopic (exact) mass is 513 g/mol. The number of aromatic nitrogens is 5. The first kappa shape index (κ1) is 25.2. The Kier molecular flexibility index (Phi) is 7.23. The molecule has 0 fully saturated rings. The Morgan fingerprint density at radius 1 is 1.13 bits per heavy atom. The summed E-state index contributed by atoms with van der Waals surface area (Å²) in [6, 6.07) is 15.9. The standard InChI is InChI=1S/C28H31N7O3/c1-33-24-7-3-2-6-22(24)32-26(33)10-11-27(37)31-20-9-8-19-12-14-35(25(19)15-20)13-4-5-21(36)16-34-17-23(28(29)38)30-18-34/h2-3,6-9,12,14-15,17-18,21,36H,4-5,10-11,13,16H2,1H3,(H2,29,38)(H,31,37). The minimum atomic E-state index is -0.588. The van der Waals surface area contributed by atoms with Crippen LogP contribution in [-0.2, 0) is 31.4 Å². The van der Waals surface area contributed by atoms with Crippen LogP contribution in [-0.4, -0.2) is 46.7 Å². The van der Waals surface area contributed by atoms with Gasteiger partial charge in [0.15, 0.2) is 0 Å². The zero-order valence-corrected chi connectivity index (χ0v) is 21.2. The summed E-state index contributed by atoms with van der Waals surface area (Å²) in [5, 5.41) is 14.5. The molecule has 0 bridgehead atoms. The molecule has 196 valence electrons. The van der Waals surface area contributed by atoms with Crippen LogP contribution in [0.4, 0.5) is 5.69 Å². The van der Waals surface area contributed by atoms with Crippen molar-refractivity contribution in [2.75, 3.05) is 5.32 Å². The maximum Gasteiger partial charge on any atom is 0.268 e. The van der Waals surface area contributed by atoms with Crippen LogP contribution in [0.1, 0.15) is 35.6 Å². The molecule has 0 aliphatic heterocycles. The highest BCUT2D eigenvalue weighted by atomic mass is 16.3.